The fourth-order valence-corrected chi connectivity index (χ4v) is 2.04. The van der Waals surface area contributed by atoms with Gasteiger partial charge >= 0.3 is 6.09 Å². The smallest absolute Gasteiger partial charge is 0.407 e. The first-order valence-corrected chi connectivity index (χ1v) is 5.86. The maximum atomic E-state index is 11.3. The van der Waals surface area contributed by atoms with Crippen LogP contribution in [0.3, 0.4) is 0 Å². The van der Waals surface area contributed by atoms with Crippen LogP contribution in [0.5, 0.6) is 0 Å². The minimum Gasteiger partial charge on any atom is -0.465 e. The summed E-state index contributed by atoms with van der Waals surface area (Å²) in [6, 6.07) is 7.47. The summed E-state index contributed by atoms with van der Waals surface area (Å²) in [5.41, 5.74) is 2.80. The molecule has 4 heteroatoms. The molecule has 1 amide bonds. The minimum absolute atomic E-state index is 0.0421. The van der Waals surface area contributed by atoms with E-state index in [0.29, 0.717) is 25.1 Å². The van der Waals surface area contributed by atoms with Gasteiger partial charge in [0.25, 0.3) is 0 Å². The van der Waals surface area contributed by atoms with Crippen LogP contribution in [-0.4, -0.2) is 35.0 Å². The molecule has 0 aromatic heterocycles. The number of carbonyl (C=O) groups excluding carboxylic acids is 1. The maximum absolute atomic E-state index is 11.3. The van der Waals surface area contributed by atoms with Gasteiger partial charge < -0.3 is 10.0 Å². The zero-order chi connectivity index (χ0) is 13.1. The van der Waals surface area contributed by atoms with Gasteiger partial charge in [-0.05, 0) is 30.5 Å². The average Bonchev–Trinajstić information content (AvgIpc) is 2.39. The van der Waals surface area contributed by atoms with Crippen molar-refractivity contribution in [2.45, 2.75) is 13.3 Å². The summed E-state index contributed by atoms with van der Waals surface area (Å²) in [6.45, 7) is 2.46. The van der Waals surface area contributed by atoms with E-state index < -0.39 is 6.09 Å². The molecular weight excluding hydrogens is 230 g/mol. The third-order valence-electron chi connectivity index (χ3n) is 3.12. The fraction of sp³-hybridized carbons (Fsp3) is 0.286. The number of amides is 1. The first-order chi connectivity index (χ1) is 8.58. The van der Waals surface area contributed by atoms with Crippen molar-refractivity contribution in [3.8, 4) is 0 Å². The lowest BCUT2D eigenvalue weighted by Gasteiger charge is -2.23. The highest BCUT2D eigenvalue weighted by molar-refractivity contribution is 5.95. The number of hydrogen-bond acceptors (Lipinski definition) is 2. The summed E-state index contributed by atoms with van der Waals surface area (Å²) in [6.07, 6.45) is 1.72. The molecule has 0 atom stereocenters. The Morgan fingerprint density at radius 1 is 1.33 bits per heavy atom. The summed E-state index contributed by atoms with van der Waals surface area (Å²) in [5.74, 6) is 0.0421. The number of carboxylic acid groups (broad SMARTS) is 1. The molecule has 0 bridgehead atoms. The number of hydrogen-bond donors (Lipinski definition) is 1. The van der Waals surface area contributed by atoms with E-state index in [-0.39, 0.29) is 5.78 Å². The summed E-state index contributed by atoms with van der Waals surface area (Å²) < 4.78 is 0. The lowest BCUT2D eigenvalue weighted by molar-refractivity contribution is 0.101. The summed E-state index contributed by atoms with van der Waals surface area (Å²) in [4.78, 5) is 23.5. The van der Waals surface area contributed by atoms with Crippen molar-refractivity contribution in [2.24, 2.45) is 0 Å². The van der Waals surface area contributed by atoms with Crippen molar-refractivity contribution in [1.82, 2.24) is 4.90 Å². The van der Waals surface area contributed by atoms with Crippen molar-refractivity contribution in [3.05, 3.63) is 41.5 Å². The Kier molecular flexibility index (Phi) is 3.46. The molecule has 2 rings (SSSR count). The molecule has 94 valence electrons. The highest BCUT2D eigenvalue weighted by Crippen LogP contribution is 2.23. The van der Waals surface area contributed by atoms with Crippen LogP contribution in [0, 0.1) is 0 Å². The zero-order valence-corrected chi connectivity index (χ0v) is 10.2. The van der Waals surface area contributed by atoms with Crippen LogP contribution < -0.4 is 0 Å². The van der Waals surface area contributed by atoms with Crippen molar-refractivity contribution < 1.29 is 14.7 Å². The van der Waals surface area contributed by atoms with Crippen LogP contribution in [0.2, 0.25) is 0 Å². The predicted octanol–water partition coefficient (Wildman–Crippen LogP) is 2.66. The molecule has 1 N–H and O–H groups in total. The molecule has 1 aromatic carbocycles. The monoisotopic (exact) mass is 245 g/mol. The fourth-order valence-electron chi connectivity index (χ4n) is 2.04. The van der Waals surface area contributed by atoms with E-state index in [1.54, 1.807) is 13.0 Å². The second-order valence-corrected chi connectivity index (χ2v) is 4.34. The number of nitrogens with zero attached hydrogens (tertiary/aromatic N) is 1. The quantitative estimate of drug-likeness (QED) is 0.815. The first kappa shape index (κ1) is 12.4. The third kappa shape index (κ3) is 2.59. The van der Waals surface area contributed by atoms with E-state index in [9.17, 15) is 9.59 Å². The second kappa shape index (κ2) is 5.04. The molecule has 0 aliphatic carbocycles. The molecule has 0 radical (unpaired) electrons. The van der Waals surface area contributed by atoms with Crippen LogP contribution in [0.1, 0.15) is 29.3 Å². The molecule has 4 nitrogen and oxygen atoms in total. The normalized spacial score (nSPS) is 15.2. The lowest BCUT2D eigenvalue weighted by atomic mass is 9.97. The van der Waals surface area contributed by atoms with E-state index in [2.05, 4.69) is 0 Å². The van der Waals surface area contributed by atoms with Crippen LogP contribution in [0.4, 0.5) is 4.79 Å². The van der Waals surface area contributed by atoms with Crippen molar-refractivity contribution in [3.63, 3.8) is 0 Å². The number of Topliss-reactive ketones (excluding diaryl/α,β-unsaturated/α-hetero) is 1. The molecule has 0 spiro atoms. The van der Waals surface area contributed by atoms with E-state index >= 15 is 0 Å². The Labute approximate surface area is 106 Å². The van der Waals surface area contributed by atoms with Gasteiger partial charge in [-0.3, -0.25) is 4.79 Å². The summed E-state index contributed by atoms with van der Waals surface area (Å²) >= 11 is 0. The Bertz CT molecular complexity index is 520. The number of benzene rings is 1. The van der Waals surface area contributed by atoms with E-state index in [0.717, 1.165) is 11.1 Å². The van der Waals surface area contributed by atoms with Crippen molar-refractivity contribution in [1.29, 1.82) is 0 Å². The Balaban J connectivity index is 2.20. The van der Waals surface area contributed by atoms with Gasteiger partial charge in [-0.1, -0.05) is 24.3 Å². The number of rotatable bonds is 2. The van der Waals surface area contributed by atoms with Gasteiger partial charge in [0, 0.05) is 18.7 Å². The standard InChI is InChI=1S/C14H15NO3/c1-10(16)12-3-2-4-13(9-12)11-5-7-15(8-6-11)14(17)18/h2-5,9H,6-8H2,1H3,(H,17,18). The highest BCUT2D eigenvalue weighted by atomic mass is 16.4. The molecule has 1 aliphatic rings. The van der Waals surface area contributed by atoms with Crippen LogP contribution >= 0.6 is 0 Å². The third-order valence-corrected chi connectivity index (χ3v) is 3.12. The largest absolute Gasteiger partial charge is 0.465 e. The van der Waals surface area contributed by atoms with Gasteiger partial charge in [0.05, 0.1) is 0 Å². The van der Waals surface area contributed by atoms with Gasteiger partial charge in [0.1, 0.15) is 0 Å². The molecule has 1 heterocycles. The highest BCUT2D eigenvalue weighted by Gasteiger charge is 2.16. The number of ketones is 1. The molecule has 1 aliphatic heterocycles. The zero-order valence-electron chi connectivity index (χ0n) is 10.2. The molecule has 1 aromatic rings. The van der Waals surface area contributed by atoms with Crippen molar-refractivity contribution in [2.75, 3.05) is 13.1 Å². The van der Waals surface area contributed by atoms with Crippen LogP contribution in [-0.2, 0) is 0 Å². The molecular formula is C14H15NO3. The molecule has 0 saturated carbocycles. The molecule has 0 fully saturated rings. The van der Waals surface area contributed by atoms with Gasteiger partial charge in [0.15, 0.2) is 5.78 Å². The second-order valence-electron chi connectivity index (χ2n) is 4.34. The number of carbonyl (C=O) groups is 2. The molecule has 0 saturated heterocycles. The molecule has 18 heavy (non-hydrogen) atoms. The Morgan fingerprint density at radius 3 is 2.67 bits per heavy atom. The minimum atomic E-state index is -0.886. The van der Waals surface area contributed by atoms with E-state index in [1.165, 1.54) is 4.90 Å². The van der Waals surface area contributed by atoms with Gasteiger partial charge in [-0.15, -0.1) is 0 Å². The SMILES string of the molecule is CC(=O)c1cccc(C2=CCN(C(=O)O)CC2)c1. The first-order valence-electron chi connectivity index (χ1n) is 5.86. The van der Waals surface area contributed by atoms with Gasteiger partial charge in [0.2, 0.25) is 0 Å². The van der Waals surface area contributed by atoms with Crippen molar-refractivity contribution >= 4 is 17.4 Å². The van der Waals surface area contributed by atoms with Crippen LogP contribution in [0.25, 0.3) is 5.57 Å². The predicted molar refractivity (Wildman–Crippen MR) is 68.6 cm³/mol. The summed E-state index contributed by atoms with van der Waals surface area (Å²) in [5, 5.41) is 8.86. The lowest BCUT2D eigenvalue weighted by Crippen LogP contribution is -2.33. The average molecular weight is 245 g/mol. The topological polar surface area (TPSA) is 57.6 Å². The summed E-state index contributed by atoms with van der Waals surface area (Å²) in [7, 11) is 0. The Hall–Kier alpha value is -2.10. The van der Waals surface area contributed by atoms with E-state index in [1.807, 2.05) is 24.3 Å². The van der Waals surface area contributed by atoms with Gasteiger partial charge in [-0.25, -0.2) is 4.79 Å². The van der Waals surface area contributed by atoms with Gasteiger partial charge in [-0.2, -0.15) is 0 Å². The van der Waals surface area contributed by atoms with E-state index in [4.69, 9.17) is 5.11 Å². The van der Waals surface area contributed by atoms with Crippen LogP contribution in [0.15, 0.2) is 30.3 Å². The molecule has 0 unspecified atom stereocenters. The maximum Gasteiger partial charge on any atom is 0.407 e. The Morgan fingerprint density at radius 2 is 2.11 bits per heavy atom.